The Morgan fingerprint density at radius 3 is 2.58 bits per heavy atom. The van der Waals surface area contributed by atoms with Crippen LogP contribution in [0.2, 0.25) is 0 Å². The number of anilines is 2. The summed E-state index contributed by atoms with van der Waals surface area (Å²) in [5, 5.41) is 24.0. The third-order valence-corrected chi connectivity index (χ3v) is 7.13. The van der Waals surface area contributed by atoms with Crippen LogP contribution in [0.5, 0.6) is 0 Å². The molecule has 0 saturated heterocycles. The quantitative estimate of drug-likeness (QED) is 0.398. The molecule has 9 heteroatoms. The monoisotopic (exact) mass is 488 g/mol. The Kier molecular flexibility index (Phi) is 6.51. The minimum absolute atomic E-state index is 0.0129. The number of amides is 2. The molecule has 1 aromatic carbocycles. The topological polar surface area (TPSA) is 125 Å². The second-order valence-corrected chi connectivity index (χ2v) is 9.52. The maximum absolute atomic E-state index is 13.6. The molecule has 36 heavy (non-hydrogen) atoms. The van der Waals surface area contributed by atoms with Crippen LogP contribution in [-0.2, 0) is 4.79 Å². The molecule has 3 heterocycles. The van der Waals surface area contributed by atoms with Gasteiger partial charge < -0.3 is 25.6 Å². The summed E-state index contributed by atoms with van der Waals surface area (Å²) in [6.45, 7) is 4.13. The fourth-order valence-corrected chi connectivity index (χ4v) is 5.00. The largest absolute Gasteiger partial charge is 0.733 e. The lowest BCUT2D eigenvalue weighted by Gasteiger charge is -2.41. The lowest BCUT2D eigenvalue weighted by molar-refractivity contribution is -0.117. The van der Waals surface area contributed by atoms with Crippen LogP contribution in [0.4, 0.5) is 11.5 Å². The molecule has 2 amide bonds. The van der Waals surface area contributed by atoms with Crippen molar-refractivity contribution in [3.8, 4) is 0 Å². The molecular formula is C27H30N5O4-. The van der Waals surface area contributed by atoms with E-state index in [4.69, 9.17) is 5.21 Å². The molecule has 1 saturated carbocycles. The van der Waals surface area contributed by atoms with E-state index in [1.807, 2.05) is 23.2 Å². The number of aromatic nitrogens is 2. The molecule has 2 aliphatic rings. The van der Waals surface area contributed by atoms with Crippen LogP contribution in [0, 0.1) is 11.1 Å². The van der Waals surface area contributed by atoms with Gasteiger partial charge in [0.25, 0.3) is 5.91 Å². The first-order valence-electron chi connectivity index (χ1n) is 12.5. The predicted molar refractivity (Wildman–Crippen MR) is 138 cm³/mol. The maximum atomic E-state index is 13.6. The fraction of sp³-hybridized carbons (Fsp3) is 0.370. The van der Waals surface area contributed by atoms with Gasteiger partial charge in [-0.15, -0.1) is 0 Å². The van der Waals surface area contributed by atoms with Crippen LogP contribution in [0.15, 0.2) is 48.7 Å². The van der Waals surface area contributed by atoms with Gasteiger partial charge in [0.1, 0.15) is 11.5 Å². The summed E-state index contributed by atoms with van der Waals surface area (Å²) in [6, 6.07) is 9.80. The first-order valence-corrected chi connectivity index (χ1v) is 12.5. The van der Waals surface area contributed by atoms with Crippen molar-refractivity contribution in [1.29, 1.82) is 0 Å². The minimum Gasteiger partial charge on any atom is -0.733 e. The lowest BCUT2D eigenvalue weighted by atomic mass is 9.87. The number of benzene rings is 1. The second-order valence-electron chi connectivity index (χ2n) is 9.52. The average molecular weight is 489 g/mol. The van der Waals surface area contributed by atoms with Gasteiger partial charge in [-0.1, -0.05) is 19.9 Å². The summed E-state index contributed by atoms with van der Waals surface area (Å²) in [5.41, 5.74) is 3.40. The van der Waals surface area contributed by atoms with Crippen molar-refractivity contribution in [3.05, 3.63) is 65.0 Å². The molecule has 0 radical (unpaired) electrons. The van der Waals surface area contributed by atoms with E-state index in [9.17, 15) is 14.8 Å². The number of rotatable bonds is 7. The molecule has 2 atom stereocenters. The summed E-state index contributed by atoms with van der Waals surface area (Å²) < 4.78 is 0. The van der Waals surface area contributed by atoms with Crippen LogP contribution < -0.4 is 10.5 Å². The predicted octanol–water partition coefficient (Wildman–Crippen LogP) is 5.09. The van der Waals surface area contributed by atoms with Gasteiger partial charge in [-0.05, 0) is 79.6 Å². The minimum atomic E-state index is -0.217. The first-order chi connectivity index (χ1) is 17.4. The number of hydrogen-bond donors (Lipinski definition) is 3. The molecule has 2 aromatic heterocycles. The summed E-state index contributed by atoms with van der Waals surface area (Å²) in [5.74, 6) is 0.526. The summed E-state index contributed by atoms with van der Waals surface area (Å²) in [7, 11) is 0. The van der Waals surface area contributed by atoms with E-state index in [0.29, 0.717) is 17.8 Å². The fourth-order valence-electron chi connectivity index (χ4n) is 5.00. The molecule has 1 aliphatic carbocycles. The van der Waals surface area contributed by atoms with Crippen molar-refractivity contribution in [2.45, 2.75) is 58.0 Å². The van der Waals surface area contributed by atoms with Gasteiger partial charge in [-0.3, -0.25) is 14.8 Å². The Hall–Kier alpha value is -3.69. The van der Waals surface area contributed by atoms with Crippen molar-refractivity contribution in [2.24, 2.45) is 5.92 Å². The number of H-pyrrole nitrogens is 1. The average Bonchev–Trinajstić information content (AvgIpc) is 3.64. The van der Waals surface area contributed by atoms with Crippen LogP contribution in [0.25, 0.3) is 16.6 Å². The van der Waals surface area contributed by atoms with E-state index in [1.165, 1.54) is 12.1 Å². The van der Waals surface area contributed by atoms with Gasteiger partial charge in [0, 0.05) is 29.1 Å². The number of nitrogens with zero attached hydrogens (tertiary/aromatic N) is 3. The zero-order valence-electron chi connectivity index (χ0n) is 20.4. The van der Waals surface area contributed by atoms with Crippen molar-refractivity contribution in [2.75, 3.05) is 10.5 Å². The molecule has 3 N–H and O–H groups in total. The molecule has 9 nitrogen and oxygen atoms in total. The molecule has 3 aromatic rings. The van der Waals surface area contributed by atoms with Crippen LogP contribution in [0.3, 0.4) is 0 Å². The summed E-state index contributed by atoms with van der Waals surface area (Å²) in [4.78, 5) is 35.6. The van der Waals surface area contributed by atoms with Gasteiger partial charge in [-0.25, -0.2) is 4.98 Å². The number of carbonyl (C=O) groups is 2. The maximum Gasteiger partial charge on any atom is 0.254 e. The molecule has 2 unspecified atom stereocenters. The Morgan fingerprint density at radius 2 is 1.94 bits per heavy atom. The normalized spacial score (nSPS) is 19.8. The van der Waals surface area contributed by atoms with Gasteiger partial charge in [0.05, 0.1) is 11.7 Å². The molecular weight excluding hydrogens is 458 g/mol. The van der Waals surface area contributed by atoms with Crippen LogP contribution >= 0.6 is 0 Å². The standard InChI is InChI=1S/C27H30N5O4/c1-3-19-13-18(14-20(4-2)31(19)27(34)17-7-9-21(10-8-17)32(35)36)23-15-24(30-26(33)16-5-6-16)29-25-22(23)11-12-28-25/h7-13,15-16,19-20,35H,3-6,14H2,1-2H3,(H2,28,29,30,33)/q-1. The van der Waals surface area contributed by atoms with Gasteiger partial charge in [0.15, 0.2) is 0 Å². The Bertz CT molecular complexity index is 1310. The SMILES string of the molecule is CCC1C=C(c2cc(NC(=O)C3CC3)nc3[nH]ccc23)CC(CC)N1C(=O)c1ccc(N([O-])O)cc1. The molecule has 0 spiro atoms. The third kappa shape index (κ3) is 4.59. The van der Waals surface area contributed by atoms with E-state index < -0.39 is 0 Å². The van der Waals surface area contributed by atoms with E-state index in [2.05, 4.69) is 35.2 Å². The van der Waals surface area contributed by atoms with Crippen molar-refractivity contribution >= 4 is 39.9 Å². The highest BCUT2D eigenvalue weighted by Gasteiger charge is 2.34. The highest BCUT2D eigenvalue weighted by atomic mass is 16.8. The summed E-state index contributed by atoms with van der Waals surface area (Å²) in [6.07, 6.45) is 8.03. The van der Waals surface area contributed by atoms with Crippen molar-refractivity contribution in [3.63, 3.8) is 0 Å². The van der Waals surface area contributed by atoms with Gasteiger partial charge in [-0.2, -0.15) is 0 Å². The summed E-state index contributed by atoms with van der Waals surface area (Å²) >= 11 is 0. The second kappa shape index (κ2) is 9.75. The first kappa shape index (κ1) is 24.0. The number of pyridine rings is 1. The van der Waals surface area contributed by atoms with E-state index in [0.717, 1.165) is 47.9 Å². The highest BCUT2D eigenvalue weighted by Crippen LogP contribution is 2.37. The Balaban J connectivity index is 1.49. The number of carbonyl (C=O) groups excluding carboxylic acids is 2. The molecule has 188 valence electrons. The van der Waals surface area contributed by atoms with Gasteiger partial charge in [0.2, 0.25) is 5.91 Å². The van der Waals surface area contributed by atoms with Crippen molar-refractivity contribution < 1.29 is 14.8 Å². The van der Waals surface area contributed by atoms with Gasteiger partial charge >= 0.3 is 0 Å². The van der Waals surface area contributed by atoms with Crippen LogP contribution in [0.1, 0.15) is 61.9 Å². The Morgan fingerprint density at radius 1 is 1.19 bits per heavy atom. The van der Waals surface area contributed by atoms with E-state index in [-0.39, 0.29) is 40.7 Å². The lowest BCUT2D eigenvalue weighted by Crippen LogP contribution is -2.48. The molecule has 1 fully saturated rings. The number of nitrogens with one attached hydrogen (secondary N) is 2. The number of aromatic amines is 1. The van der Waals surface area contributed by atoms with E-state index >= 15 is 0 Å². The molecule has 5 rings (SSSR count). The zero-order valence-corrected chi connectivity index (χ0v) is 20.4. The molecule has 1 aliphatic heterocycles. The third-order valence-electron chi connectivity index (χ3n) is 7.13. The smallest absolute Gasteiger partial charge is 0.254 e. The van der Waals surface area contributed by atoms with Crippen molar-refractivity contribution in [1.82, 2.24) is 14.9 Å². The Labute approximate surface area is 209 Å². The zero-order chi connectivity index (χ0) is 25.4. The highest BCUT2D eigenvalue weighted by molar-refractivity contribution is 5.99. The van der Waals surface area contributed by atoms with Crippen LogP contribution in [-0.4, -0.2) is 44.0 Å². The molecule has 0 bridgehead atoms. The number of hydrogen-bond acceptors (Lipinski definition) is 6. The van der Waals surface area contributed by atoms with E-state index in [1.54, 1.807) is 12.1 Å². The number of fused-ring (bicyclic) bond motifs is 1.